The number of piperidine rings is 1. The Balaban J connectivity index is 0.00000180. The van der Waals surface area contributed by atoms with Crippen molar-refractivity contribution in [2.75, 3.05) is 6.54 Å². The summed E-state index contributed by atoms with van der Waals surface area (Å²) in [6.07, 6.45) is 8.28. The van der Waals surface area contributed by atoms with Crippen molar-refractivity contribution in [1.29, 1.82) is 0 Å². The molecule has 1 saturated heterocycles. The third kappa shape index (κ3) is 4.60. The van der Waals surface area contributed by atoms with Crippen molar-refractivity contribution in [2.24, 2.45) is 0 Å². The van der Waals surface area contributed by atoms with Crippen molar-refractivity contribution in [2.45, 2.75) is 52.1 Å². The average Bonchev–Trinajstić information content (AvgIpc) is 2.38. The van der Waals surface area contributed by atoms with Crippen LogP contribution in [0, 0.1) is 6.92 Å². The normalized spacial score (nSPS) is 18.8. The monoisotopic (exact) mass is 326 g/mol. The molecule has 1 aromatic heterocycles. The molecule has 3 nitrogen and oxygen atoms in total. The molecule has 0 bridgehead atoms. The average molecular weight is 327 g/mol. The molecule has 0 aromatic carbocycles. The Bertz CT molecular complexity index is 405. The fourth-order valence-corrected chi connectivity index (χ4v) is 2.52. The molecule has 1 aliphatic rings. The molecule has 1 unspecified atom stereocenters. The van der Waals surface area contributed by atoms with Gasteiger partial charge in [0, 0.05) is 24.7 Å². The van der Waals surface area contributed by atoms with E-state index in [9.17, 15) is 4.79 Å². The number of halogens is 1. The molecule has 106 valence electrons. The predicted molar refractivity (Wildman–Crippen MR) is 71.0 cm³/mol. The molecule has 1 aromatic rings. The van der Waals surface area contributed by atoms with E-state index in [-0.39, 0.29) is 17.0 Å². The van der Waals surface area contributed by atoms with E-state index in [0.717, 1.165) is 25.9 Å². The summed E-state index contributed by atoms with van der Waals surface area (Å²) < 4.78 is 2.08. The Hall–Kier alpha value is -0.900. The van der Waals surface area contributed by atoms with Crippen LogP contribution in [0.25, 0.3) is 0 Å². The van der Waals surface area contributed by atoms with Gasteiger partial charge >= 0.3 is 0 Å². The molecule has 2 rings (SSSR count). The summed E-state index contributed by atoms with van der Waals surface area (Å²) in [7, 11) is 0. The lowest BCUT2D eigenvalue weighted by Crippen LogP contribution is -3.00. The van der Waals surface area contributed by atoms with E-state index in [0.29, 0.717) is 18.4 Å². The first-order valence-corrected chi connectivity index (χ1v) is 6.92. The first kappa shape index (κ1) is 16.2. The van der Waals surface area contributed by atoms with Gasteiger partial charge in [-0.25, -0.2) is 4.57 Å². The van der Waals surface area contributed by atoms with E-state index in [1.807, 2.05) is 12.4 Å². The van der Waals surface area contributed by atoms with Gasteiger partial charge in [-0.05, 0) is 38.7 Å². The predicted octanol–water partition coefficient (Wildman–Crippen LogP) is -0.922. The molecule has 2 heterocycles. The van der Waals surface area contributed by atoms with Gasteiger partial charge in [0.2, 0.25) is 5.91 Å². The van der Waals surface area contributed by atoms with E-state index in [1.165, 1.54) is 12.0 Å². The second-order valence-electron chi connectivity index (χ2n) is 5.30. The Labute approximate surface area is 126 Å². The zero-order valence-corrected chi connectivity index (χ0v) is 13.4. The zero-order valence-electron chi connectivity index (χ0n) is 11.8. The zero-order chi connectivity index (χ0) is 13.0. The molecule has 19 heavy (non-hydrogen) atoms. The van der Waals surface area contributed by atoms with Gasteiger partial charge in [0.1, 0.15) is 0 Å². The van der Waals surface area contributed by atoms with Crippen LogP contribution in [-0.2, 0) is 11.3 Å². The number of likely N-dealkylation sites (tertiary alicyclic amines) is 1. The molecule has 1 amide bonds. The van der Waals surface area contributed by atoms with Gasteiger partial charge in [-0.3, -0.25) is 4.79 Å². The number of aryl methyl sites for hydroxylation is 2. The summed E-state index contributed by atoms with van der Waals surface area (Å²) in [6.45, 7) is 5.96. The highest BCUT2D eigenvalue weighted by molar-refractivity contribution is 5.76. The molecule has 0 N–H and O–H groups in total. The van der Waals surface area contributed by atoms with Gasteiger partial charge in [-0.1, -0.05) is 0 Å². The smallest absolute Gasteiger partial charge is 0.229 e. The van der Waals surface area contributed by atoms with E-state index in [2.05, 4.69) is 35.4 Å². The molecular weight excluding hydrogens is 304 g/mol. The molecule has 1 atom stereocenters. The fraction of sp³-hybridized carbons (Fsp3) is 0.600. The summed E-state index contributed by atoms with van der Waals surface area (Å²) >= 11 is 0. The SMILES string of the molecule is Cc1cc[n+](CCC(=O)N2CCCCC2C)cc1.[Br-]. The highest BCUT2D eigenvalue weighted by Gasteiger charge is 2.23. The number of nitrogens with zero attached hydrogens (tertiary/aromatic N) is 2. The maximum atomic E-state index is 12.2. The van der Waals surface area contributed by atoms with E-state index < -0.39 is 0 Å². The van der Waals surface area contributed by atoms with Gasteiger partial charge in [0.15, 0.2) is 18.9 Å². The van der Waals surface area contributed by atoms with Crippen molar-refractivity contribution < 1.29 is 26.3 Å². The first-order valence-electron chi connectivity index (χ1n) is 6.92. The minimum atomic E-state index is 0. The van der Waals surface area contributed by atoms with Crippen LogP contribution in [0.5, 0.6) is 0 Å². The molecular formula is C15H23BrN2O. The van der Waals surface area contributed by atoms with Gasteiger partial charge < -0.3 is 21.9 Å². The summed E-state index contributed by atoms with van der Waals surface area (Å²) in [5.74, 6) is 0.301. The Kier molecular flexibility index (Phi) is 6.49. The number of carbonyl (C=O) groups is 1. The van der Waals surface area contributed by atoms with E-state index >= 15 is 0 Å². The van der Waals surface area contributed by atoms with Crippen LogP contribution in [0.15, 0.2) is 24.5 Å². The maximum Gasteiger partial charge on any atom is 0.229 e. The second-order valence-corrected chi connectivity index (χ2v) is 5.30. The van der Waals surface area contributed by atoms with Crippen LogP contribution in [0.2, 0.25) is 0 Å². The van der Waals surface area contributed by atoms with Crippen LogP contribution >= 0.6 is 0 Å². The number of hydrogen-bond acceptors (Lipinski definition) is 1. The van der Waals surface area contributed by atoms with Gasteiger partial charge in [0.05, 0.1) is 6.42 Å². The summed E-state index contributed by atoms with van der Waals surface area (Å²) in [4.78, 5) is 14.2. The van der Waals surface area contributed by atoms with Gasteiger partial charge in [-0.15, -0.1) is 0 Å². The van der Waals surface area contributed by atoms with Crippen LogP contribution in [0.3, 0.4) is 0 Å². The molecule has 0 spiro atoms. The van der Waals surface area contributed by atoms with Gasteiger partial charge in [-0.2, -0.15) is 0 Å². The molecule has 0 radical (unpaired) electrons. The molecule has 0 saturated carbocycles. The van der Waals surface area contributed by atoms with Crippen molar-refractivity contribution in [3.05, 3.63) is 30.1 Å². The lowest BCUT2D eigenvalue weighted by Gasteiger charge is -2.33. The lowest BCUT2D eigenvalue weighted by molar-refractivity contribution is -0.696. The first-order chi connectivity index (χ1) is 8.66. The van der Waals surface area contributed by atoms with Crippen LogP contribution in [-0.4, -0.2) is 23.4 Å². The van der Waals surface area contributed by atoms with Crippen molar-refractivity contribution in [3.8, 4) is 0 Å². The summed E-state index contributed by atoms with van der Waals surface area (Å²) in [5.41, 5.74) is 1.25. The number of pyridine rings is 1. The largest absolute Gasteiger partial charge is 1.00 e. The highest BCUT2D eigenvalue weighted by Crippen LogP contribution is 2.17. The number of hydrogen-bond donors (Lipinski definition) is 0. The van der Waals surface area contributed by atoms with Gasteiger partial charge in [0.25, 0.3) is 0 Å². The topological polar surface area (TPSA) is 24.2 Å². The van der Waals surface area contributed by atoms with E-state index in [1.54, 1.807) is 0 Å². The molecule has 1 aliphatic heterocycles. The number of aromatic nitrogens is 1. The van der Waals surface area contributed by atoms with Crippen molar-refractivity contribution in [1.82, 2.24) is 4.90 Å². The summed E-state index contributed by atoms with van der Waals surface area (Å²) in [5, 5.41) is 0. The van der Waals surface area contributed by atoms with Crippen molar-refractivity contribution >= 4 is 5.91 Å². The molecule has 4 heteroatoms. The number of carbonyl (C=O) groups excluding carboxylic acids is 1. The quantitative estimate of drug-likeness (QED) is 0.659. The Morgan fingerprint density at radius 2 is 2.05 bits per heavy atom. The number of rotatable bonds is 3. The van der Waals surface area contributed by atoms with Crippen LogP contribution in [0.4, 0.5) is 0 Å². The van der Waals surface area contributed by atoms with Crippen LogP contribution < -0.4 is 21.5 Å². The van der Waals surface area contributed by atoms with E-state index in [4.69, 9.17) is 0 Å². The minimum Gasteiger partial charge on any atom is -1.00 e. The molecule has 1 fully saturated rings. The van der Waals surface area contributed by atoms with Crippen molar-refractivity contribution in [3.63, 3.8) is 0 Å². The Morgan fingerprint density at radius 1 is 1.37 bits per heavy atom. The maximum absolute atomic E-state index is 12.2. The fourth-order valence-electron chi connectivity index (χ4n) is 2.52. The number of amides is 1. The minimum absolute atomic E-state index is 0. The molecule has 0 aliphatic carbocycles. The Morgan fingerprint density at radius 3 is 2.68 bits per heavy atom. The van der Waals surface area contributed by atoms with Crippen LogP contribution in [0.1, 0.15) is 38.2 Å². The third-order valence-electron chi connectivity index (χ3n) is 3.76. The lowest BCUT2D eigenvalue weighted by atomic mass is 10.0. The third-order valence-corrected chi connectivity index (χ3v) is 3.76. The summed E-state index contributed by atoms with van der Waals surface area (Å²) in [6, 6.07) is 4.58. The standard InChI is InChI=1S/C15H23N2O.BrH/c1-13-6-10-16(11-7-13)12-8-15(18)17-9-4-3-5-14(17)2;/h6-7,10-11,14H,3-5,8-9,12H2,1-2H3;1H/q+1;/p-1. The highest BCUT2D eigenvalue weighted by atomic mass is 79.9. The second kappa shape index (κ2) is 7.63.